The number of urea groups is 1. The number of benzene rings is 1. The van der Waals surface area contributed by atoms with E-state index in [-0.39, 0.29) is 6.04 Å². The van der Waals surface area contributed by atoms with Gasteiger partial charge in [-0.05, 0) is 37.5 Å². The van der Waals surface area contributed by atoms with Gasteiger partial charge in [0.25, 0.3) is 5.91 Å². The second-order valence-electron chi connectivity index (χ2n) is 6.78. The molecule has 9 nitrogen and oxygen atoms in total. The molecule has 2 aromatic rings. The van der Waals surface area contributed by atoms with Gasteiger partial charge in [0, 0.05) is 6.04 Å². The molecule has 0 spiro atoms. The Morgan fingerprint density at radius 2 is 1.93 bits per heavy atom. The number of hydrogen-bond donors (Lipinski definition) is 2. The summed E-state index contributed by atoms with van der Waals surface area (Å²) in [6.45, 7) is 1.96. The van der Waals surface area contributed by atoms with Crippen LogP contribution in [0.4, 0.5) is 4.79 Å². The third kappa shape index (κ3) is 5.38. The van der Waals surface area contributed by atoms with Crippen LogP contribution in [0.15, 0.2) is 36.9 Å². The fraction of sp³-hybridized carbons (Fsp3) is 0.421. The highest BCUT2D eigenvalue weighted by Gasteiger charge is 2.23. The topological polar surface area (TPSA) is 115 Å². The standard InChI is InChI=1S/C19H23N5O4/c1-13(17(25)23-19(27)22-16-4-2-3-5-16)28-18(26)15-8-6-14(7-9-15)10-24-12-20-11-21-24/h6-9,11-13,16H,2-5,10H2,1H3,(H2,22,23,25,27). The van der Waals surface area contributed by atoms with Crippen LogP contribution in [0.3, 0.4) is 0 Å². The summed E-state index contributed by atoms with van der Waals surface area (Å²) in [6, 6.07) is 6.33. The summed E-state index contributed by atoms with van der Waals surface area (Å²) in [5.74, 6) is -1.29. The Labute approximate surface area is 162 Å². The van der Waals surface area contributed by atoms with Crippen LogP contribution in [-0.2, 0) is 16.1 Å². The van der Waals surface area contributed by atoms with E-state index < -0.39 is 24.0 Å². The van der Waals surface area contributed by atoms with Gasteiger partial charge in [-0.3, -0.25) is 10.1 Å². The van der Waals surface area contributed by atoms with Crippen LogP contribution in [0.25, 0.3) is 0 Å². The van der Waals surface area contributed by atoms with Crippen molar-refractivity contribution in [1.29, 1.82) is 0 Å². The molecule has 3 rings (SSSR count). The maximum Gasteiger partial charge on any atom is 0.338 e. The fourth-order valence-corrected chi connectivity index (χ4v) is 3.03. The van der Waals surface area contributed by atoms with Gasteiger partial charge in [-0.25, -0.2) is 19.3 Å². The van der Waals surface area contributed by atoms with Crippen molar-refractivity contribution in [3.8, 4) is 0 Å². The second kappa shape index (κ2) is 9.12. The van der Waals surface area contributed by atoms with E-state index in [2.05, 4.69) is 20.7 Å². The first kappa shape index (κ1) is 19.5. The number of esters is 1. The van der Waals surface area contributed by atoms with Gasteiger partial charge in [0.1, 0.15) is 12.7 Å². The van der Waals surface area contributed by atoms with E-state index in [1.54, 1.807) is 35.3 Å². The minimum atomic E-state index is -1.09. The van der Waals surface area contributed by atoms with Crippen molar-refractivity contribution < 1.29 is 19.1 Å². The van der Waals surface area contributed by atoms with Crippen LogP contribution in [0.2, 0.25) is 0 Å². The molecule has 0 saturated heterocycles. The maximum atomic E-state index is 12.2. The van der Waals surface area contributed by atoms with Crippen molar-refractivity contribution in [3.05, 3.63) is 48.0 Å². The van der Waals surface area contributed by atoms with E-state index in [0.29, 0.717) is 12.1 Å². The lowest BCUT2D eigenvalue weighted by Crippen LogP contribution is -2.47. The van der Waals surface area contributed by atoms with Crippen LogP contribution in [0.5, 0.6) is 0 Å². The quantitative estimate of drug-likeness (QED) is 0.731. The van der Waals surface area contributed by atoms with E-state index in [1.807, 2.05) is 0 Å². The average molecular weight is 385 g/mol. The Bertz CT molecular complexity index is 813. The summed E-state index contributed by atoms with van der Waals surface area (Å²) in [6.07, 6.45) is 5.95. The summed E-state index contributed by atoms with van der Waals surface area (Å²) >= 11 is 0. The third-order valence-corrected chi connectivity index (χ3v) is 4.58. The van der Waals surface area contributed by atoms with Gasteiger partial charge in [0.05, 0.1) is 12.1 Å². The number of ether oxygens (including phenoxy) is 1. The number of nitrogens with one attached hydrogen (secondary N) is 2. The molecule has 0 aliphatic heterocycles. The number of carbonyl (C=O) groups is 3. The molecule has 0 radical (unpaired) electrons. The van der Waals surface area contributed by atoms with E-state index in [1.165, 1.54) is 13.3 Å². The molecule has 1 unspecified atom stereocenters. The van der Waals surface area contributed by atoms with Crippen LogP contribution < -0.4 is 10.6 Å². The lowest BCUT2D eigenvalue weighted by molar-refractivity contribution is -0.127. The lowest BCUT2D eigenvalue weighted by Gasteiger charge is -2.15. The molecular weight excluding hydrogens is 362 g/mol. The molecule has 1 saturated carbocycles. The first-order valence-corrected chi connectivity index (χ1v) is 9.25. The maximum absolute atomic E-state index is 12.2. The van der Waals surface area contributed by atoms with E-state index in [4.69, 9.17) is 4.74 Å². The van der Waals surface area contributed by atoms with Crippen LogP contribution in [0, 0.1) is 0 Å². The first-order chi connectivity index (χ1) is 13.5. The summed E-state index contributed by atoms with van der Waals surface area (Å²) in [5.41, 5.74) is 1.26. The first-order valence-electron chi connectivity index (χ1n) is 9.25. The summed E-state index contributed by atoms with van der Waals surface area (Å²) in [7, 11) is 0. The highest BCUT2D eigenvalue weighted by molar-refractivity contribution is 5.98. The minimum absolute atomic E-state index is 0.0988. The molecule has 1 heterocycles. The van der Waals surface area contributed by atoms with E-state index in [0.717, 1.165) is 31.2 Å². The van der Waals surface area contributed by atoms with Crippen molar-refractivity contribution in [1.82, 2.24) is 25.4 Å². The van der Waals surface area contributed by atoms with Crippen molar-refractivity contribution in [2.24, 2.45) is 0 Å². The molecule has 1 fully saturated rings. The lowest BCUT2D eigenvalue weighted by atomic mass is 10.1. The Morgan fingerprint density at radius 1 is 1.21 bits per heavy atom. The number of amides is 3. The van der Waals surface area contributed by atoms with Crippen molar-refractivity contribution >= 4 is 17.9 Å². The molecule has 2 N–H and O–H groups in total. The van der Waals surface area contributed by atoms with Gasteiger partial charge in [-0.15, -0.1) is 0 Å². The summed E-state index contributed by atoms with van der Waals surface area (Å²) < 4.78 is 6.82. The zero-order valence-electron chi connectivity index (χ0n) is 15.6. The van der Waals surface area contributed by atoms with Crippen molar-refractivity contribution in [2.75, 3.05) is 0 Å². The molecule has 28 heavy (non-hydrogen) atoms. The molecule has 0 bridgehead atoms. The zero-order chi connectivity index (χ0) is 19.9. The molecule has 148 valence electrons. The molecule has 1 atom stereocenters. The van der Waals surface area contributed by atoms with Gasteiger partial charge < -0.3 is 10.1 Å². The molecular formula is C19H23N5O4. The molecule has 1 aromatic carbocycles. The number of carbonyl (C=O) groups excluding carboxylic acids is 3. The summed E-state index contributed by atoms with van der Waals surface area (Å²) in [5, 5.41) is 8.99. The van der Waals surface area contributed by atoms with E-state index in [9.17, 15) is 14.4 Å². The third-order valence-electron chi connectivity index (χ3n) is 4.58. The van der Waals surface area contributed by atoms with Crippen LogP contribution in [-0.4, -0.2) is 44.8 Å². The average Bonchev–Trinajstić information content (AvgIpc) is 3.36. The van der Waals surface area contributed by atoms with Gasteiger partial charge in [0.15, 0.2) is 6.10 Å². The van der Waals surface area contributed by atoms with Gasteiger partial charge in [0.2, 0.25) is 0 Å². The SMILES string of the molecule is CC(OC(=O)c1ccc(Cn2cncn2)cc1)C(=O)NC(=O)NC1CCCC1. The van der Waals surface area contributed by atoms with Crippen molar-refractivity contribution in [3.63, 3.8) is 0 Å². The van der Waals surface area contributed by atoms with Gasteiger partial charge >= 0.3 is 12.0 Å². The fourth-order valence-electron chi connectivity index (χ4n) is 3.03. The van der Waals surface area contributed by atoms with Crippen LogP contribution in [0.1, 0.15) is 48.5 Å². The van der Waals surface area contributed by atoms with Crippen LogP contribution >= 0.6 is 0 Å². The molecule has 1 aromatic heterocycles. The Hall–Kier alpha value is -3.23. The zero-order valence-corrected chi connectivity index (χ0v) is 15.6. The molecule has 3 amide bonds. The number of rotatable bonds is 6. The van der Waals surface area contributed by atoms with Gasteiger partial charge in [-0.2, -0.15) is 5.10 Å². The second-order valence-corrected chi connectivity index (χ2v) is 6.78. The minimum Gasteiger partial charge on any atom is -0.449 e. The largest absolute Gasteiger partial charge is 0.449 e. The smallest absolute Gasteiger partial charge is 0.338 e. The molecule has 9 heteroatoms. The highest BCUT2D eigenvalue weighted by Crippen LogP contribution is 2.17. The normalized spacial score (nSPS) is 15.0. The molecule has 1 aliphatic carbocycles. The van der Waals surface area contributed by atoms with Crippen molar-refractivity contribution in [2.45, 2.75) is 51.3 Å². The number of aromatic nitrogens is 3. The Balaban J connectivity index is 1.47. The number of hydrogen-bond acceptors (Lipinski definition) is 6. The molecule has 1 aliphatic rings. The van der Waals surface area contributed by atoms with Gasteiger partial charge in [-0.1, -0.05) is 25.0 Å². The Morgan fingerprint density at radius 3 is 2.57 bits per heavy atom. The van der Waals surface area contributed by atoms with E-state index >= 15 is 0 Å². The number of nitrogens with zero attached hydrogens (tertiary/aromatic N) is 3. The Kier molecular flexibility index (Phi) is 6.36. The predicted octanol–water partition coefficient (Wildman–Crippen LogP) is 1.64. The summed E-state index contributed by atoms with van der Waals surface area (Å²) in [4.78, 5) is 40.0. The number of imide groups is 1. The monoisotopic (exact) mass is 385 g/mol. The predicted molar refractivity (Wildman–Crippen MR) is 99.4 cm³/mol. The highest BCUT2D eigenvalue weighted by atomic mass is 16.5.